The van der Waals surface area contributed by atoms with Crippen molar-refractivity contribution >= 4 is 17.7 Å². The monoisotopic (exact) mass is 289 g/mol. The highest BCUT2D eigenvalue weighted by Crippen LogP contribution is 2.24. The molecule has 1 fully saturated rings. The summed E-state index contributed by atoms with van der Waals surface area (Å²) in [5.41, 5.74) is 6.31. The standard InChI is InChI=1S/C15H19N3O3/c16-10-12-4-2-6-14(12)17-15(19)8-7-11-3-1-5-13(9-11)18(20)21/h1,3,5,7-9,12,14H,2,4,6,10,16H2,(H,17,19). The Morgan fingerprint density at radius 1 is 1.48 bits per heavy atom. The highest BCUT2D eigenvalue weighted by molar-refractivity contribution is 5.92. The van der Waals surface area contributed by atoms with Gasteiger partial charge in [0.15, 0.2) is 0 Å². The number of carbonyl (C=O) groups is 1. The van der Waals surface area contributed by atoms with Gasteiger partial charge in [-0.25, -0.2) is 0 Å². The molecule has 1 saturated carbocycles. The molecule has 1 aliphatic carbocycles. The molecule has 1 aliphatic rings. The first kappa shape index (κ1) is 15.2. The molecule has 6 heteroatoms. The number of nitrogens with two attached hydrogens (primary N) is 1. The fraction of sp³-hybridized carbons (Fsp3) is 0.400. The summed E-state index contributed by atoms with van der Waals surface area (Å²) in [5.74, 6) is 0.159. The van der Waals surface area contributed by atoms with E-state index in [1.165, 1.54) is 18.2 Å². The average molecular weight is 289 g/mol. The highest BCUT2D eigenvalue weighted by Gasteiger charge is 2.26. The number of benzene rings is 1. The number of nitrogens with zero attached hydrogens (tertiary/aromatic N) is 1. The van der Waals surface area contributed by atoms with Crippen LogP contribution in [0.1, 0.15) is 24.8 Å². The molecule has 0 aliphatic heterocycles. The molecule has 0 heterocycles. The van der Waals surface area contributed by atoms with Crippen LogP contribution in [0.2, 0.25) is 0 Å². The fourth-order valence-electron chi connectivity index (χ4n) is 2.65. The zero-order valence-corrected chi connectivity index (χ0v) is 11.7. The first-order chi connectivity index (χ1) is 10.1. The molecule has 0 radical (unpaired) electrons. The summed E-state index contributed by atoms with van der Waals surface area (Å²) in [5, 5.41) is 13.6. The third-order valence-electron chi connectivity index (χ3n) is 3.80. The summed E-state index contributed by atoms with van der Waals surface area (Å²) in [6, 6.07) is 6.30. The average Bonchev–Trinajstić information content (AvgIpc) is 2.92. The Morgan fingerprint density at radius 2 is 2.29 bits per heavy atom. The van der Waals surface area contributed by atoms with Crippen LogP contribution in [0.15, 0.2) is 30.3 Å². The fourth-order valence-corrected chi connectivity index (χ4v) is 2.65. The lowest BCUT2D eigenvalue weighted by Crippen LogP contribution is -2.39. The van der Waals surface area contributed by atoms with Crippen LogP contribution in [0.5, 0.6) is 0 Å². The van der Waals surface area contributed by atoms with Gasteiger partial charge < -0.3 is 11.1 Å². The van der Waals surface area contributed by atoms with E-state index in [-0.39, 0.29) is 17.6 Å². The van der Waals surface area contributed by atoms with Crippen molar-refractivity contribution in [2.24, 2.45) is 11.7 Å². The maximum Gasteiger partial charge on any atom is 0.270 e. The van der Waals surface area contributed by atoms with Crippen molar-refractivity contribution in [2.45, 2.75) is 25.3 Å². The van der Waals surface area contributed by atoms with Gasteiger partial charge >= 0.3 is 0 Å². The predicted molar refractivity (Wildman–Crippen MR) is 80.5 cm³/mol. The number of carbonyl (C=O) groups excluding carboxylic acids is 1. The second-order valence-electron chi connectivity index (χ2n) is 5.23. The molecule has 21 heavy (non-hydrogen) atoms. The number of hydrogen-bond acceptors (Lipinski definition) is 4. The molecule has 0 saturated heterocycles. The molecule has 2 atom stereocenters. The molecule has 1 amide bonds. The van der Waals surface area contributed by atoms with Crippen LogP contribution in [0.3, 0.4) is 0 Å². The molecular weight excluding hydrogens is 270 g/mol. The summed E-state index contributed by atoms with van der Waals surface area (Å²) in [4.78, 5) is 22.1. The molecule has 3 N–H and O–H groups in total. The Hall–Kier alpha value is -2.21. The summed E-state index contributed by atoms with van der Waals surface area (Å²) in [6.07, 6.45) is 6.08. The highest BCUT2D eigenvalue weighted by atomic mass is 16.6. The number of rotatable bonds is 5. The van der Waals surface area contributed by atoms with Gasteiger partial charge in [0.25, 0.3) is 5.69 Å². The lowest BCUT2D eigenvalue weighted by atomic mass is 10.0. The van der Waals surface area contributed by atoms with Crippen LogP contribution >= 0.6 is 0 Å². The summed E-state index contributed by atoms with van der Waals surface area (Å²) >= 11 is 0. The van der Waals surface area contributed by atoms with E-state index in [4.69, 9.17) is 5.73 Å². The first-order valence-corrected chi connectivity index (χ1v) is 7.03. The first-order valence-electron chi connectivity index (χ1n) is 7.03. The van der Waals surface area contributed by atoms with Gasteiger partial charge in [0.1, 0.15) is 0 Å². The Kier molecular flexibility index (Phi) is 5.05. The van der Waals surface area contributed by atoms with E-state index in [1.807, 2.05) is 0 Å². The summed E-state index contributed by atoms with van der Waals surface area (Å²) in [6.45, 7) is 0.583. The molecule has 2 unspecified atom stereocenters. The van der Waals surface area contributed by atoms with E-state index in [0.717, 1.165) is 19.3 Å². The molecular formula is C15H19N3O3. The minimum atomic E-state index is -0.457. The largest absolute Gasteiger partial charge is 0.349 e. The molecule has 1 aromatic carbocycles. The maximum atomic E-state index is 11.9. The second kappa shape index (κ2) is 6.99. The van der Waals surface area contributed by atoms with E-state index in [2.05, 4.69) is 5.32 Å². The lowest BCUT2D eigenvalue weighted by molar-refractivity contribution is -0.384. The van der Waals surface area contributed by atoms with Crippen molar-refractivity contribution in [2.75, 3.05) is 6.54 Å². The van der Waals surface area contributed by atoms with Crippen molar-refractivity contribution in [3.05, 3.63) is 46.0 Å². The van der Waals surface area contributed by atoms with Crippen molar-refractivity contribution in [1.82, 2.24) is 5.32 Å². The lowest BCUT2D eigenvalue weighted by Gasteiger charge is -2.18. The number of non-ortho nitro benzene ring substituents is 1. The molecule has 6 nitrogen and oxygen atoms in total. The Bertz CT molecular complexity index is 557. The van der Waals surface area contributed by atoms with Gasteiger partial charge in [0, 0.05) is 24.3 Å². The molecule has 1 aromatic rings. The van der Waals surface area contributed by atoms with Crippen LogP contribution in [0.4, 0.5) is 5.69 Å². The number of amides is 1. The summed E-state index contributed by atoms with van der Waals surface area (Å²) < 4.78 is 0. The van der Waals surface area contributed by atoms with Crippen molar-refractivity contribution < 1.29 is 9.72 Å². The Labute approximate surface area is 123 Å². The van der Waals surface area contributed by atoms with Crippen molar-refractivity contribution in [1.29, 1.82) is 0 Å². The molecule has 0 spiro atoms. The molecule has 2 rings (SSSR count). The van der Waals surface area contributed by atoms with Crippen LogP contribution in [-0.2, 0) is 4.79 Å². The van der Waals surface area contributed by atoms with Crippen LogP contribution in [0.25, 0.3) is 6.08 Å². The van der Waals surface area contributed by atoms with E-state index in [1.54, 1.807) is 18.2 Å². The van der Waals surface area contributed by atoms with Crippen LogP contribution < -0.4 is 11.1 Å². The quantitative estimate of drug-likeness (QED) is 0.491. The van der Waals surface area contributed by atoms with Crippen LogP contribution in [-0.4, -0.2) is 23.4 Å². The van der Waals surface area contributed by atoms with E-state index >= 15 is 0 Å². The van der Waals surface area contributed by atoms with E-state index in [9.17, 15) is 14.9 Å². The Morgan fingerprint density at radius 3 is 3.00 bits per heavy atom. The van der Waals surface area contributed by atoms with Gasteiger partial charge in [-0.15, -0.1) is 0 Å². The van der Waals surface area contributed by atoms with Gasteiger partial charge in [-0.2, -0.15) is 0 Å². The molecule has 0 aromatic heterocycles. The molecule has 112 valence electrons. The van der Waals surface area contributed by atoms with Gasteiger partial charge in [-0.05, 0) is 36.9 Å². The van der Waals surface area contributed by atoms with Gasteiger partial charge in [-0.1, -0.05) is 18.6 Å². The Balaban J connectivity index is 1.96. The second-order valence-corrected chi connectivity index (χ2v) is 5.23. The van der Waals surface area contributed by atoms with Crippen LogP contribution in [0, 0.1) is 16.0 Å². The zero-order chi connectivity index (χ0) is 15.2. The molecule has 0 bridgehead atoms. The minimum Gasteiger partial charge on any atom is -0.349 e. The van der Waals surface area contributed by atoms with Gasteiger partial charge in [0.05, 0.1) is 4.92 Å². The van der Waals surface area contributed by atoms with Crippen molar-refractivity contribution in [3.63, 3.8) is 0 Å². The smallest absolute Gasteiger partial charge is 0.270 e. The topological polar surface area (TPSA) is 98.3 Å². The third-order valence-corrected chi connectivity index (χ3v) is 3.80. The number of nitro groups is 1. The van der Waals surface area contributed by atoms with E-state index in [0.29, 0.717) is 18.0 Å². The minimum absolute atomic E-state index is 0.0107. The normalized spacial score (nSPS) is 21.6. The van der Waals surface area contributed by atoms with Crippen molar-refractivity contribution in [3.8, 4) is 0 Å². The number of nitrogens with one attached hydrogen (secondary N) is 1. The third kappa shape index (κ3) is 4.13. The van der Waals surface area contributed by atoms with Gasteiger partial charge in [0.2, 0.25) is 5.91 Å². The van der Waals surface area contributed by atoms with E-state index < -0.39 is 4.92 Å². The maximum absolute atomic E-state index is 11.9. The zero-order valence-electron chi connectivity index (χ0n) is 11.7. The predicted octanol–water partition coefficient (Wildman–Crippen LogP) is 1.85. The number of hydrogen-bond donors (Lipinski definition) is 2. The summed E-state index contributed by atoms with van der Waals surface area (Å²) in [7, 11) is 0. The van der Waals surface area contributed by atoms with Gasteiger partial charge in [-0.3, -0.25) is 14.9 Å². The number of nitro benzene ring substituents is 1. The SMILES string of the molecule is NCC1CCCC1NC(=O)C=Cc1cccc([N+](=O)[O-])c1.